The first-order valence-corrected chi connectivity index (χ1v) is 4.56. The summed E-state index contributed by atoms with van der Waals surface area (Å²) in [5.41, 5.74) is 0. The molecule has 68 valence electrons. The quantitative estimate of drug-likeness (QED) is 0.360. The number of ether oxygens (including phenoxy) is 1. The lowest BCUT2D eigenvalue weighted by molar-refractivity contribution is -0.172. The van der Waals surface area contributed by atoms with Crippen molar-refractivity contribution in [2.75, 3.05) is 0 Å². The van der Waals surface area contributed by atoms with Crippen LogP contribution in [-0.4, -0.2) is 17.3 Å². The van der Waals surface area contributed by atoms with Gasteiger partial charge in [0.25, 0.3) is 0 Å². The smallest absolute Gasteiger partial charge is 0.422 e. The summed E-state index contributed by atoms with van der Waals surface area (Å²) in [5, 5.41) is -1.26. The molecule has 1 rings (SSSR count). The molecule has 2 unspecified atom stereocenters. The normalized spacial score (nSPS) is 35.8. The Labute approximate surface area is 70.0 Å². The van der Waals surface area contributed by atoms with Crippen LogP contribution in [0.1, 0.15) is 20.3 Å². The molecule has 2 atom stereocenters. The minimum absolute atomic E-state index is 0.286. The van der Waals surface area contributed by atoms with E-state index in [4.69, 9.17) is 0 Å². The van der Waals surface area contributed by atoms with E-state index in [-0.39, 0.29) is 6.42 Å². The van der Waals surface area contributed by atoms with E-state index < -0.39 is 25.7 Å². The molecule has 0 aromatic heterocycles. The Balaban J connectivity index is 2.81. The summed E-state index contributed by atoms with van der Waals surface area (Å²) < 4.78 is 21.8. The number of hydrogen-bond acceptors (Lipinski definition) is 4. The number of carbonyl (C=O) groups is 2. The SMILES string of the molecule is CCC1(C)OC(=O)C(=O)OP1F. The van der Waals surface area contributed by atoms with E-state index in [1.807, 2.05) is 0 Å². The maximum absolute atomic E-state index is 13.0. The van der Waals surface area contributed by atoms with Crippen LogP contribution >= 0.6 is 8.46 Å². The fourth-order valence-electron chi connectivity index (χ4n) is 0.680. The Kier molecular flexibility index (Phi) is 2.33. The first kappa shape index (κ1) is 9.39. The zero-order valence-electron chi connectivity index (χ0n) is 6.67. The molecule has 0 bridgehead atoms. The Hall–Kier alpha value is -0.700. The lowest BCUT2D eigenvalue weighted by Gasteiger charge is -2.32. The first-order chi connectivity index (χ1) is 5.49. The third kappa shape index (κ3) is 1.41. The van der Waals surface area contributed by atoms with Crippen LogP contribution in [0.5, 0.6) is 0 Å². The molecule has 0 spiro atoms. The van der Waals surface area contributed by atoms with Gasteiger partial charge < -0.3 is 9.26 Å². The van der Waals surface area contributed by atoms with Crippen LogP contribution in [0.15, 0.2) is 0 Å². The highest BCUT2D eigenvalue weighted by atomic mass is 31.2. The number of esters is 1. The fraction of sp³-hybridized carbons (Fsp3) is 0.667. The molecule has 0 aliphatic carbocycles. The molecular formula is C6H8FO4P. The number of rotatable bonds is 1. The Morgan fingerprint density at radius 3 is 2.58 bits per heavy atom. The average Bonchev–Trinajstić information content (AvgIpc) is 2.01. The maximum atomic E-state index is 13.0. The van der Waals surface area contributed by atoms with Crippen molar-refractivity contribution in [3.05, 3.63) is 0 Å². The van der Waals surface area contributed by atoms with Crippen LogP contribution in [0, 0.1) is 0 Å². The Bertz CT molecular complexity index is 232. The van der Waals surface area contributed by atoms with Crippen molar-refractivity contribution in [2.45, 2.75) is 25.6 Å². The number of halogens is 1. The highest BCUT2D eigenvalue weighted by Crippen LogP contribution is 2.56. The van der Waals surface area contributed by atoms with E-state index in [9.17, 15) is 13.8 Å². The van der Waals surface area contributed by atoms with Gasteiger partial charge in [-0.1, -0.05) is 6.92 Å². The summed E-state index contributed by atoms with van der Waals surface area (Å²) in [6.45, 7) is 3.06. The van der Waals surface area contributed by atoms with E-state index in [0.717, 1.165) is 0 Å². The van der Waals surface area contributed by atoms with Crippen molar-refractivity contribution in [1.29, 1.82) is 0 Å². The van der Waals surface area contributed by atoms with Gasteiger partial charge in [-0.25, -0.2) is 9.59 Å². The monoisotopic (exact) mass is 194 g/mol. The van der Waals surface area contributed by atoms with Gasteiger partial charge in [-0.3, -0.25) is 0 Å². The molecule has 12 heavy (non-hydrogen) atoms. The van der Waals surface area contributed by atoms with Gasteiger partial charge in [0.05, 0.1) is 0 Å². The van der Waals surface area contributed by atoms with Crippen molar-refractivity contribution < 1.29 is 23.0 Å². The highest BCUT2D eigenvalue weighted by molar-refractivity contribution is 7.49. The van der Waals surface area contributed by atoms with Gasteiger partial charge in [0, 0.05) is 0 Å². The number of cyclic esters (lactones) is 1. The lowest BCUT2D eigenvalue weighted by Crippen LogP contribution is -2.38. The second-order valence-electron chi connectivity index (χ2n) is 2.54. The Morgan fingerprint density at radius 1 is 1.50 bits per heavy atom. The van der Waals surface area contributed by atoms with Gasteiger partial charge in [0.1, 0.15) is 0 Å². The van der Waals surface area contributed by atoms with E-state index in [1.165, 1.54) is 6.92 Å². The van der Waals surface area contributed by atoms with E-state index in [2.05, 4.69) is 9.26 Å². The van der Waals surface area contributed by atoms with Crippen LogP contribution in [-0.2, 0) is 18.8 Å². The van der Waals surface area contributed by atoms with E-state index >= 15 is 0 Å². The van der Waals surface area contributed by atoms with E-state index in [1.54, 1.807) is 6.92 Å². The van der Waals surface area contributed by atoms with Crippen molar-refractivity contribution >= 4 is 20.4 Å². The van der Waals surface area contributed by atoms with Crippen LogP contribution in [0.3, 0.4) is 0 Å². The number of carbonyl (C=O) groups excluding carboxylic acids is 2. The largest absolute Gasteiger partial charge is 0.440 e. The van der Waals surface area contributed by atoms with E-state index in [0.29, 0.717) is 0 Å². The molecule has 0 aromatic rings. The molecule has 1 aliphatic rings. The summed E-state index contributed by atoms with van der Waals surface area (Å²) in [6, 6.07) is 0. The van der Waals surface area contributed by atoms with Crippen molar-refractivity contribution in [1.82, 2.24) is 0 Å². The molecule has 1 fully saturated rings. The second-order valence-corrected chi connectivity index (χ2v) is 4.16. The Morgan fingerprint density at radius 2 is 2.08 bits per heavy atom. The van der Waals surface area contributed by atoms with Gasteiger partial charge >= 0.3 is 20.4 Å². The molecule has 6 heteroatoms. The minimum atomic E-state index is -2.50. The number of hydrogen-bond donors (Lipinski definition) is 0. The molecular weight excluding hydrogens is 186 g/mol. The van der Waals surface area contributed by atoms with Gasteiger partial charge in [-0.15, -0.1) is 0 Å². The topological polar surface area (TPSA) is 52.6 Å². The zero-order chi connectivity index (χ0) is 9.35. The zero-order valence-corrected chi connectivity index (χ0v) is 7.56. The molecule has 4 nitrogen and oxygen atoms in total. The molecule has 0 radical (unpaired) electrons. The summed E-state index contributed by atoms with van der Waals surface area (Å²) in [6.07, 6.45) is 0.286. The van der Waals surface area contributed by atoms with Crippen molar-refractivity contribution in [3.8, 4) is 0 Å². The predicted molar refractivity (Wildman–Crippen MR) is 38.9 cm³/mol. The predicted octanol–water partition coefficient (Wildman–Crippen LogP) is 1.49. The third-order valence-corrected chi connectivity index (χ3v) is 3.15. The van der Waals surface area contributed by atoms with Crippen LogP contribution < -0.4 is 0 Å². The molecule has 1 aliphatic heterocycles. The van der Waals surface area contributed by atoms with Gasteiger partial charge in [0.2, 0.25) is 0 Å². The maximum Gasteiger partial charge on any atom is 0.422 e. The van der Waals surface area contributed by atoms with Crippen LogP contribution in [0.2, 0.25) is 0 Å². The third-order valence-electron chi connectivity index (χ3n) is 1.67. The highest BCUT2D eigenvalue weighted by Gasteiger charge is 2.48. The van der Waals surface area contributed by atoms with Gasteiger partial charge in [-0.05, 0) is 13.3 Å². The molecule has 0 N–H and O–H groups in total. The van der Waals surface area contributed by atoms with Crippen LogP contribution in [0.4, 0.5) is 4.20 Å². The molecule has 0 amide bonds. The van der Waals surface area contributed by atoms with Gasteiger partial charge in [0.15, 0.2) is 5.34 Å². The molecule has 0 saturated carbocycles. The molecule has 1 heterocycles. The van der Waals surface area contributed by atoms with Gasteiger partial charge in [-0.2, -0.15) is 4.20 Å². The summed E-state index contributed by atoms with van der Waals surface area (Å²) in [7, 11) is -2.50. The molecule has 0 aromatic carbocycles. The average molecular weight is 194 g/mol. The second kappa shape index (κ2) is 2.98. The first-order valence-electron chi connectivity index (χ1n) is 3.41. The molecule has 1 saturated heterocycles. The fourth-order valence-corrected chi connectivity index (χ4v) is 1.50. The standard InChI is InChI=1S/C6H8FO4P/c1-3-6(2)10-4(8)5(9)11-12(6)7/h3H2,1-2H3. The van der Waals surface area contributed by atoms with Crippen molar-refractivity contribution in [2.24, 2.45) is 0 Å². The minimum Gasteiger partial charge on any atom is -0.440 e. The van der Waals surface area contributed by atoms with Crippen LogP contribution in [0.25, 0.3) is 0 Å². The summed E-state index contributed by atoms with van der Waals surface area (Å²) in [4.78, 5) is 21.1. The lowest BCUT2D eigenvalue weighted by atomic mass is 10.3. The van der Waals surface area contributed by atoms with Crippen molar-refractivity contribution in [3.63, 3.8) is 0 Å². The summed E-state index contributed by atoms with van der Waals surface area (Å²) >= 11 is 0. The summed E-state index contributed by atoms with van der Waals surface area (Å²) in [5.74, 6) is -2.36.